The Labute approximate surface area is 110 Å². The molecular weight excluding hydrogens is 285 g/mol. The summed E-state index contributed by atoms with van der Waals surface area (Å²) in [6.45, 7) is 1.38. The van der Waals surface area contributed by atoms with E-state index in [9.17, 15) is 4.39 Å². The average Bonchev–Trinajstić information content (AvgIpc) is 2.29. The number of rotatable bonds is 3. The highest BCUT2D eigenvalue weighted by molar-refractivity contribution is 9.10. The monoisotopic (exact) mass is 301 g/mol. The van der Waals surface area contributed by atoms with Gasteiger partial charge >= 0.3 is 0 Å². The highest BCUT2D eigenvalue weighted by Gasteiger charge is 2.31. The van der Waals surface area contributed by atoms with E-state index in [1.165, 1.54) is 0 Å². The van der Waals surface area contributed by atoms with Crippen molar-refractivity contribution in [3.8, 4) is 5.75 Å². The minimum atomic E-state index is -1.10. The number of methoxy groups -OCH3 is 1. The van der Waals surface area contributed by atoms with Gasteiger partial charge in [-0.1, -0.05) is 6.07 Å². The summed E-state index contributed by atoms with van der Waals surface area (Å²) in [5.74, 6) is 0.781. The van der Waals surface area contributed by atoms with Gasteiger partial charge in [-0.05, 0) is 53.0 Å². The molecule has 1 heterocycles. The SMILES string of the molecule is COc1ccc(CC2(F)CCCNC2)cc1Br. The third-order valence-electron chi connectivity index (χ3n) is 3.16. The van der Waals surface area contributed by atoms with Gasteiger partial charge in [0.15, 0.2) is 0 Å². The van der Waals surface area contributed by atoms with Crippen LogP contribution in [0, 0.1) is 0 Å². The van der Waals surface area contributed by atoms with Gasteiger partial charge in [-0.15, -0.1) is 0 Å². The first kappa shape index (κ1) is 12.8. The largest absolute Gasteiger partial charge is 0.496 e. The lowest BCUT2D eigenvalue weighted by atomic mass is 9.89. The number of benzene rings is 1. The molecular formula is C13H17BrFNO. The Hall–Kier alpha value is -0.610. The standard InChI is InChI=1S/C13H17BrFNO/c1-17-12-4-3-10(7-11(12)14)8-13(15)5-2-6-16-9-13/h3-4,7,16H,2,5-6,8-9H2,1H3. The van der Waals surface area contributed by atoms with Gasteiger partial charge < -0.3 is 10.1 Å². The fourth-order valence-electron chi connectivity index (χ4n) is 2.27. The molecule has 94 valence electrons. The first-order valence-electron chi connectivity index (χ1n) is 5.85. The first-order valence-corrected chi connectivity index (χ1v) is 6.64. The van der Waals surface area contributed by atoms with Crippen LogP contribution >= 0.6 is 15.9 Å². The van der Waals surface area contributed by atoms with E-state index in [2.05, 4.69) is 21.2 Å². The summed E-state index contributed by atoms with van der Waals surface area (Å²) in [6.07, 6.45) is 2.01. The quantitative estimate of drug-likeness (QED) is 0.926. The Morgan fingerprint density at radius 3 is 2.94 bits per heavy atom. The molecule has 1 unspecified atom stereocenters. The van der Waals surface area contributed by atoms with Gasteiger partial charge in [0.2, 0.25) is 0 Å². The summed E-state index contributed by atoms with van der Waals surface area (Å²) in [7, 11) is 1.63. The molecule has 1 N–H and O–H groups in total. The van der Waals surface area contributed by atoms with Gasteiger partial charge in [-0.25, -0.2) is 4.39 Å². The third-order valence-corrected chi connectivity index (χ3v) is 3.78. The molecule has 0 radical (unpaired) electrons. The van der Waals surface area contributed by atoms with Gasteiger partial charge in [0.1, 0.15) is 11.4 Å². The average molecular weight is 302 g/mol. The van der Waals surface area contributed by atoms with Gasteiger partial charge in [0.25, 0.3) is 0 Å². The van der Waals surface area contributed by atoms with Crippen molar-refractivity contribution in [1.29, 1.82) is 0 Å². The summed E-state index contributed by atoms with van der Waals surface area (Å²) in [6, 6.07) is 5.74. The minimum Gasteiger partial charge on any atom is -0.496 e. The van der Waals surface area contributed by atoms with Crippen molar-refractivity contribution in [3.05, 3.63) is 28.2 Å². The zero-order valence-corrected chi connectivity index (χ0v) is 11.5. The number of alkyl halides is 1. The normalized spacial score (nSPS) is 24.6. The van der Waals surface area contributed by atoms with E-state index in [0.717, 1.165) is 28.8 Å². The maximum absolute atomic E-state index is 14.5. The lowest BCUT2D eigenvalue weighted by Gasteiger charge is -2.30. The summed E-state index contributed by atoms with van der Waals surface area (Å²) in [5.41, 5.74) is -0.101. The molecule has 1 aromatic rings. The number of hydrogen-bond acceptors (Lipinski definition) is 2. The molecule has 0 aromatic heterocycles. The molecule has 2 rings (SSSR count). The first-order chi connectivity index (χ1) is 8.13. The lowest BCUT2D eigenvalue weighted by Crippen LogP contribution is -2.43. The van der Waals surface area contributed by atoms with E-state index in [1.54, 1.807) is 7.11 Å². The van der Waals surface area contributed by atoms with E-state index in [-0.39, 0.29) is 0 Å². The molecule has 2 nitrogen and oxygen atoms in total. The Balaban J connectivity index is 2.10. The molecule has 1 saturated heterocycles. The molecule has 0 spiro atoms. The predicted octanol–water partition coefficient (Wildman–Crippen LogP) is 3.09. The zero-order chi connectivity index (χ0) is 12.3. The number of ether oxygens (including phenoxy) is 1. The summed E-state index contributed by atoms with van der Waals surface area (Å²) < 4.78 is 20.5. The molecule has 1 aliphatic rings. The maximum Gasteiger partial charge on any atom is 0.133 e. The van der Waals surface area contributed by atoms with Crippen LogP contribution in [0.5, 0.6) is 5.75 Å². The van der Waals surface area contributed by atoms with Gasteiger partial charge in [-0.2, -0.15) is 0 Å². The molecule has 0 amide bonds. The molecule has 1 aliphatic heterocycles. The van der Waals surface area contributed by atoms with Crippen molar-refractivity contribution in [2.45, 2.75) is 24.9 Å². The number of hydrogen-bond donors (Lipinski definition) is 1. The van der Waals surface area contributed by atoms with E-state index < -0.39 is 5.67 Å². The van der Waals surface area contributed by atoms with Crippen molar-refractivity contribution in [3.63, 3.8) is 0 Å². The number of halogens is 2. The Kier molecular flexibility index (Phi) is 4.05. The van der Waals surface area contributed by atoms with Crippen LogP contribution in [0.2, 0.25) is 0 Å². The second-order valence-corrected chi connectivity index (χ2v) is 5.43. The Morgan fingerprint density at radius 1 is 1.53 bits per heavy atom. The summed E-state index contributed by atoms with van der Waals surface area (Å²) in [4.78, 5) is 0. The number of nitrogens with one attached hydrogen (secondary N) is 1. The van der Waals surface area contributed by atoms with Crippen LogP contribution in [-0.2, 0) is 6.42 Å². The molecule has 1 atom stereocenters. The van der Waals surface area contributed by atoms with Crippen LogP contribution in [0.1, 0.15) is 18.4 Å². The van der Waals surface area contributed by atoms with Crippen LogP contribution in [0.15, 0.2) is 22.7 Å². The minimum absolute atomic E-state index is 0.455. The van der Waals surface area contributed by atoms with Gasteiger partial charge in [0, 0.05) is 13.0 Å². The highest BCUT2D eigenvalue weighted by atomic mass is 79.9. The van der Waals surface area contributed by atoms with Crippen molar-refractivity contribution < 1.29 is 9.13 Å². The molecule has 1 aromatic carbocycles. The van der Waals surface area contributed by atoms with E-state index in [4.69, 9.17) is 4.74 Å². The fraction of sp³-hybridized carbons (Fsp3) is 0.538. The fourth-order valence-corrected chi connectivity index (χ4v) is 2.86. The third kappa shape index (κ3) is 3.19. The van der Waals surface area contributed by atoms with Crippen molar-refractivity contribution in [1.82, 2.24) is 5.32 Å². The van der Waals surface area contributed by atoms with Crippen LogP contribution in [0.4, 0.5) is 4.39 Å². The van der Waals surface area contributed by atoms with Crippen molar-refractivity contribution in [2.75, 3.05) is 20.2 Å². The second-order valence-electron chi connectivity index (χ2n) is 4.58. The zero-order valence-electron chi connectivity index (χ0n) is 9.93. The molecule has 0 saturated carbocycles. The molecule has 0 bridgehead atoms. The van der Waals surface area contributed by atoms with Gasteiger partial charge in [-0.3, -0.25) is 0 Å². The summed E-state index contributed by atoms with van der Waals surface area (Å²) in [5, 5.41) is 3.12. The Bertz CT molecular complexity index is 391. The van der Waals surface area contributed by atoms with Crippen LogP contribution in [-0.4, -0.2) is 25.9 Å². The summed E-state index contributed by atoms with van der Waals surface area (Å²) >= 11 is 3.43. The smallest absolute Gasteiger partial charge is 0.133 e. The van der Waals surface area contributed by atoms with Crippen LogP contribution in [0.25, 0.3) is 0 Å². The number of piperidine rings is 1. The molecule has 4 heteroatoms. The van der Waals surface area contributed by atoms with Crippen LogP contribution < -0.4 is 10.1 Å². The highest BCUT2D eigenvalue weighted by Crippen LogP contribution is 2.30. The molecule has 17 heavy (non-hydrogen) atoms. The van der Waals surface area contributed by atoms with Crippen LogP contribution in [0.3, 0.4) is 0 Å². The molecule has 1 fully saturated rings. The predicted molar refractivity (Wildman–Crippen MR) is 70.3 cm³/mol. The van der Waals surface area contributed by atoms with E-state index in [1.807, 2.05) is 18.2 Å². The Morgan fingerprint density at radius 2 is 2.35 bits per heavy atom. The molecule has 0 aliphatic carbocycles. The van der Waals surface area contributed by atoms with Crippen molar-refractivity contribution >= 4 is 15.9 Å². The van der Waals surface area contributed by atoms with Crippen molar-refractivity contribution in [2.24, 2.45) is 0 Å². The van der Waals surface area contributed by atoms with E-state index in [0.29, 0.717) is 19.4 Å². The van der Waals surface area contributed by atoms with E-state index >= 15 is 0 Å². The van der Waals surface area contributed by atoms with Gasteiger partial charge in [0.05, 0.1) is 11.6 Å². The lowest BCUT2D eigenvalue weighted by molar-refractivity contribution is 0.122. The maximum atomic E-state index is 14.5. The second kappa shape index (κ2) is 5.36. The topological polar surface area (TPSA) is 21.3 Å².